The maximum absolute atomic E-state index is 14.0. The van der Waals surface area contributed by atoms with Crippen molar-refractivity contribution in [2.24, 2.45) is 0 Å². The van der Waals surface area contributed by atoms with Crippen LogP contribution in [-0.4, -0.2) is 51.4 Å². The molecule has 8 nitrogen and oxygen atoms in total. The van der Waals surface area contributed by atoms with Gasteiger partial charge < -0.3 is 15.0 Å². The Kier molecular flexibility index (Phi) is 10.6. The van der Waals surface area contributed by atoms with Crippen LogP contribution in [0.15, 0.2) is 77.7 Å². The number of carbonyl (C=O) groups is 2. The molecule has 0 aliphatic heterocycles. The third-order valence-corrected chi connectivity index (χ3v) is 8.28. The van der Waals surface area contributed by atoms with E-state index in [1.54, 1.807) is 50.2 Å². The largest absolute Gasteiger partial charge is 0.497 e. The number of methoxy groups -OCH3 is 1. The number of carbonyl (C=O) groups excluding carboxylic acids is 2. The minimum absolute atomic E-state index is 0.0465. The van der Waals surface area contributed by atoms with Crippen molar-refractivity contribution < 1.29 is 22.7 Å². The van der Waals surface area contributed by atoms with Gasteiger partial charge in [-0.25, -0.2) is 8.42 Å². The maximum atomic E-state index is 14.0. The monoisotopic (exact) mass is 591 g/mol. The van der Waals surface area contributed by atoms with Gasteiger partial charge in [0.25, 0.3) is 10.0 Å². The van der Waals surface area contributed by atoms with Crippen LogP contribution < -0.4 is 14.4 Å². The normalized spacial score (nSPS) is 11.9. The average molecular weight is 593 g/mol. The maximum Gasteiger partial charge on any atom is 0.264 e. The minimum atomic E-state index is -4.21. The smallest absolute Gasteiger partial charge is 0.264 e. The van der Waals surface area contributed by atoms with E-state index in [-0.39, 0.29) is 23.0 Å². The summed E-state index contributed by atoms with van der Waals surface area (Å²) in [6.45, 7) is 3.47. The van der Waals surface area contributed by atoms with E-state index < -0.39 is 28.5 Å². The van der Waals surface area contributed by atoms with Gasteiger partial charge >= 0.3 is 0 Å². The third-order valence-electron chi connectivity index (χ3n) is 6.00. The van der Waals surface area contributed by atoms with Gasteiger partial charge in [-0.1, -0.05) is 48.3 Å². The summed E-state index contributed by atoms with van der Waals surface area (Å²) in [5.41, 5.74) is 0.929. The van der Waals surface area contributed by atoms with E-state index in [2.05, 4.69) is 5.32 Å². The van der Waals surface area contributed by atoms with Gasteiger partial charge in [-0.05, 0) is 73.5 Å². The van der Waals surface area contributed by atoms with Crippen LogP contribution in [-0.2, 0) is 26.2 Å². The number of nitrogens with one attached hydrogen (secondary N) is 1. The quantitative estimate of drug-likeness (QED) is 0.314. The molecule has 0 saturated carbocycles. The van der Waals surface area contributed by atoms with Gasteiger partial charge in [0.05, 0.1) is 17.7 Å². The number of hydrogen-bond acceptors (Lipinski definition) is 5. The topological polar surface area (TPSA) is 96.0 Å². The molecule has 11 heteroatoms. The molecule has 0 heterocycles. The summed E-state index contributed by atoms with van der Waals surface area (Å²) in [5, 5.41) is 3.45. The zero-order chi connectivity index (χ0) is 28.6. The van der Waals surface area contributed by atoms with Gasteiger partial charge in [0.1, 0.15) is 18.3 Å². The molecule has 0 bridgehead atoms. The van der Waals surface area contributed by atoms with Crippen molar-refractivity contribution >= 4 is 50.7 Å². The van der Waals surface area contributed by atoms with Crippen molar-refractivity contribution in [3.8, 4) is 5.75 Å². The summed E-state index contributed by atoms with van der Waals surface area (Å²) in [7, 11) is -2.68. The van der Waals surface area contributed by atoms with Crippen molar-refractivity contribution in [2.75, 3.05) is 24.5 Å². The lowest BCUT2D eigenvalue weighted by Crippen LogP contribution is -2.52. The third kappa shape index (κ3) is 7.65. The Morgan fingerprint density at radius 2 is 1.64 bits per heavy atom. The van der Waals surface area contributed by atoms with E-state index in [9.17, 15) is 18.0 Å². The lowest BCUT2D eigenvalue weighted by molar-refractivity contribution is -0.140. The summed E-state index contributed by atoms with van der Waals surface area (Å²) < 4.78 is 33.9. The van der Waals surface area contributed by atoms with Crippen molar-refractivity contribution in [3.05, 3.63) is 88.4 Å². The Hall–Kier alpha value is -3.27. The molecule has 2 amide bonds. The molecule has 1 N–H and O–H groups in total. The van der Waals surface area contributed by atoms with Crippen LogP contribution in [0.4, 0.5) is 5.69 Å². The fourth-order valence-corrected chi connectivity index (χ4v) is 5.79. The molecule has 3 rings (SSSR count). The zero-order valence-corrected chi connectivity index (χ0v) is 24.3. The van der Waals surface area contributed by atoms with E-state index >= 15 is 0 Å². The molecule has 0 unspecified atom stereocenters. The molecule has 0 aliphatic carbocycles. The van der Waals surface area contributed by atoms with Gasteiger partial charge in [0, 0.05) is 23.1 Å². The molecule has 3 aromatic carbocycles. The minimum Gasteiger partial charge on any atom is -0.497 e. The highest BCUT2D eigenvalue weighted by Crippen LogP contribution is 2.28. The molecule has 0 aliphatic rings. The van der Waals surface area contributed by atoms with Crippen LogP contribution in [0.25, 0.3) is 0 Å². The second-order valence-electron chi connectivity index (χ2n) is 8.64. The highest BCUT2D eigenvalue weighted by atomic mass is 35.5. The first-order chi connectivity index (χ1) is 18.6. The molecule has 0 spiro atoms. The van der Waals surface area contributed by atoms with E-state index in [0.29, 0.717) is 28.8 Å². The van der Waals surface area contributed by atoms with Crippen molar-refractivity contribution in [1.29, 1.82) is 0 Å². The standard InChI is InChI=1S/C28H31Cl2N3O5S/c1-4-26(28(35)31-5-2)32(18-20-8-6-11-24(16-20)38-3)27(34)19-33(23-10-7-9-22(30)17-23)39(36,37)25-14-12-21(29)13-15-25/h6-17,26H,4-5,18-19H2,1-3H3,(H,31,35)/t26-/m0/s1. The average Bonchev–Trinajstić information content (AvgIpc) is 2.92. The Bertz CT molecular complexity index is 1400. The molecule has 208 valence electrons. The number of sulfonamides is 1. The molecule has 0 radical (unpaired) electrons. The number of likely N-dealkylation sites (N-methyl/N-ethyl adjacent to an activating group) is 1. The number of ether oxygens (including phenoxy) is 1. The van der Waals surface area contributed by atoms with Gasteiger partial charge in [-0.2, -0.15) is 0 Å². The highest BCUT2D eigenvalue weighted by molar-refractivity contribution is 7.92. The highest BCUT2D eigenvalue weighted by Gasteiger charge is 2.33. The molecule has 0 fully saturated rings. The number of amides is 2. The van der Waals surface area contributed by atoms with Crippen LogP contribution >= 0.6 is 23.2 Å². The number of nitrogens with zero attached hydrogens (tertiary/aromatic N) is 2. The fraction of sp³-hybridized carbons (Fsp3) is 0.286. The summed E-state index contributed by atoms with van der Waals surface area (Å²) in [4.78, 5) is 28.3. The van der Waals surface area contributed by atoms with Crippen LogP contribution in [0.5, 0.6) is 5.75 Å². The number of rotatable bonds is 12. The van der Waals surface area contributed by atoms with E-state index in [1.807, 2.05) is 6.07 Å². The van der Waals surface area contributed by atoms with E-state index in [1.165, 1.54) is 42.3 Å². The number of benzene rings is 3. The van der Waals surface area contributed by atoms with Crippen LogP contribution in [0.3, 0.4) is 0 Å². The summed E-state index contributed by atoms with van der Waals surface area (Å²) >= 11 is 12.2. The SMILES string of the molecule is CCNC(=O)[C@H](CC)N(Cc1cccc(OC)c1)C(=O)CN(c1cccc(Cl)c1)S(=O)(=O)c1ccc(Cl)cc1. The Balaban J connectivity index is 2.07. The first-order valence-corrected chi connectivity index (χ1v) is 14.5. The van der Waals surface area contributed by atoms with Gasteiger partial charge in [-0.15, -0.1) is 0 Å². The van der Waals surface area contributed by atoms with E-state index in [4.69, 9.17) is 27.9 Å². The summed E-state index contributed by atoms with van der Waals surface area (Å²) in [5.74, 6) is -0.295. The summed E-state index contributed by atoms with van der Waals surface area (Å²) in [6, 6.07) is 18.2. The predicted octanol–water partition coefficient (Wildman–Crippen LogP) is 5.14. The second kappa shape index (κ2) is 13.7. The number of hydrogen-bond donors (Lipinski definition) is 1. The molecular weight excluding hydrogens is 561 g/mol. The predicted molar refractivity (Wildman–Crippen MR) is 154 cm³/mol. The van der Waals surface area contributed by atoms with Crippen molar-refractivity contribution in [3.63, 3.8) is 0 Å². The molecule has 39 heavy (non-hydrogen) atoms. The fourth-order valence-electron chi connectivity index (χ4n) is 4.07. The van der Waals surface area contributed by atoms with Gasteiger partial charge in [0.15, 0.2) is 0 Å². The summed E-state index contributed by atoms with van der Waals surface area (Å²) in [6.07, 6.45) is 0.322. The molecule has 3 aromatic rings. The van der Waals surface area contributed by atoms with Crippen LogP contribution in [0, 0.1) is 0 Å². The van der Waals surface area contributed by atoms with Crippen LogP contribution in [0.2, 0.25) is 10.0 Å². The van der Waals surface area contributed by atoms with E-state index in [0.717, 1.165) is 9.87 Å². The first kappa shape index (κ1) is 30.3. The van der Waals surface area contributed by atoms with Gasteiger partial charge in [-0.3, -0.25) is 13.9 Å². The van der Waals surface area contributed by atoms with Crippen molar-refractivity contribution in [1.82, 2.24) is 10.2 Å². The lowest BCUT2D eigenvalue weighted by atomic mass is 10.1. The Morgan fingerprint density at radius 3 is 2.26 bits per heavy atom. The zero-order valence-electron chi connectivity index (χ0n) is 21.9. The Morgan fingerprint density at radius 1 is 0.949 bits per heavy atom. The van der Waals surface area contributed by atoms with Crippen molar-refractivity contribution in [2.45, 2.75) is 37.8 Å². The lowest BCUT2D eigenvalue weighted by Gasteiger charge is -2.33. The Labute approximate surface area is 239 Å². The molecular formula is C28H31Cl2N3O5S. The molecule has 0 aromatic heterocycles. The van der Waals surface area contributed by atoms with Gasteiger partial charge in [0.2, 0.25) is 11.8 Å². The first-order valence-electron chi connectivity index (χ1n) is 12.3. The number of halogens is 2. The number of anilines is 1. The molecule has 0 saturated heterocycles. The van der Waals surface area contributed by atoms with Crippen LogP contribution in [0.1, 0.15) is 25.8 Å². The second-order valence-corrected chi connectivity index (χ2v) is 11.4. The molecule has 1 atom stereocenters.